The first-order valence-electron chi connectivity index (χ1n) is 8.65. The molecule has 4 aromatic rings. The molecule has 9 nitrogen and oxygen atoms in total. The van der Waals surface area contributed by atoms with Gasteiger partial charge in [-0.1, -0.05) is 11.3 Å². The summed E-state index contributed by atoms with van der Waals surface area (Å²) in [5, 5.41) is 9.46. The van der Waals surface area contributed by atoms with Crippen molar-refractivity contribution in [2.75, 3.05) is 12.4 Å². The Morgan fingerprint density at radius 2 is 1.84 bits per heavy atom. The van der Waals surface area contributed by atoms with Crippen molar-refractivity contribution in [3.05, 3.63) is 53.2 Å². The second-order valence-electron chi connectivity index (χ2n) is 6.38. The van der Waals surface area contributed by atoms with Crippen molar-refractivity contribution in [2.45, 2.75) is 17.2 Å². The number of thiazole rings is 1. The topological polar surface area (TPSA) is 126 Å². The lowest BCUT2D eigenvalue weighted by atomic mass is 10.1. The Morgan fingerprint density at radius 1 is 1.13 bits per heavy atom. The van der Waals surface area contributed by atoms with Gasteiger partial charge < -0.3 is 5.32 Å². The Bertz CT molecular complexity index is 1370. The predicted octanol–water partition coefficient (Wildman–Crippen LogP) is 3.05. The number of sulfonamides is 1. The first-order valence-corrected chi connectivity index (χ1v) is 11.0. The maximum atomic E-state index is 15.1. The molecule has 0 fully saturated rings. The van der Waals surface area contributed by atoms with Crippen LogP contribution >= 0.6 is 11.3 Å². The third-order valence-corrected chi connectivity index (χ3v) is 7.02. The van der Waals surface area contributed by atoms with Crippen LogP contribution in [0, 0.1) is 12.7 Å². The molecule has 3 N–H and O–H groups in total. The van der Waals surface area contributed by atoms with Crippen molar-refractivity contribution < 1.29 is 21.6 Å². The molecular weight excluding hydrogens is 455 g/mol. The summed E-state index contributed by atoms with van der Waals surface area (Å²) in [6.45, 7) is 1.74. The highest BCUT2D eigenvalue weighted by Gasteiger charge is 2.39. The second kappa shape index (κ2) is 7.55. The Labute approximate surface area is 177 Å². The minimum atomic E-state index is -3.94. The van der Waals surface area contributed by atoms with Crippen LogP contribution in [-0.4, -0.2) is 40.6 Å². The Morgan fingerprint density at radius 3 is 2.45 bits per heavy atom. The summed E-state index contributed by atoms with van der Waals surface area (Å²) in [6, 6.07) is 5.25. The Kier molecular flexibility index (Phi) is 5.15. The van der Waals surface area contributed by atoms with Gasteiger partial charge in [-0.15, -0.1) is 0 Å². The lowest BCUT2D eigenvalue weighted by Gasteiger charge is -2.16. The van der Waals surface area contributed by atoms with Crippen molar-refractivity contribution in [1.82, 2.24) is 29.9 Å². The number of anilines is 2. The van der Waals surface area contributed by atoms with Gasteiger partial charge in [0.1, 0.15) is 10.5 Å². The van der Waals surface area contributed by atoms with E-state index in [1.54, 1.807) is 13.0 Å². The van der Waals surface area contributed by atoms with Crippen LogP contribution in [0.3, 0.4) is 0 Å². The van der Waals surface area contributed by atoms with Crippen molar-refractivity contribution in [3.8, 4) is 0 Å². The molecule has 162 valence electrons. The van der Waals surface area contributed by atoms with Gasteiger partial charge in [0.15, 0.2) is 17.3 Å². The standard InChI is InChI=1S/C17H14F3N7O2S2/c1-8-7-11(27-26-8)22-13-12-14(25-16(30-12)31(28,29)21-2)24-15(23-13)17(19,20)9-3-5-10(18)6-4-9/h3-7,21H,1-2H3,(H2,22,23,24,26,27). The van der Waals surface area contributed by atoms with Crippen LogP contribution in [0.5, 0.6) is 0 Å². The predicted molar refractivity (Wildman–Crippen MR) is 107 cm³/mol. The van der Waals surface area contributed by atoms with Crippen molar-refractivity contribution in [3.63, 3.8) is 0 Å². The third-order valence-electron chi connectivity index (χ3n) is 4.17. The molecule has 0 spiro atoms. The van der Waals surface area contributed by atoms with E-state index in [0.717, 1.165) is 35.6 Å². The summed E-state index contributed by atoms with van der Waals surface area (Å²) in [5.41, 5.74) is -0.0686. The molecule has 1 aromatic carbocycles. The van der Waals surface area contributed by atoms with Gasteiger partial charge in [0.05, 0.1) is 0 Å². The van der Waals surface area contributed by atoms with E-state index in [1.807, 2.05) is 0 Å². The van der Waals surface area contributed by atoms with E-state index in [0.29, 0.717) is 5.69 Å². The fraction of sp³-hybridized carbons (Fsp3) is 0.176. The molecule has 0 aliphatic rings. The van der Waals surface area contributed by atoms with E-state index in [-0.39, 0.29) is 26.3 Å². The third kappa shape index (κ3) is 3.96. The molecule has 0 saturated heterocycles. The molecule has 0 amide bonds. The van der Waals surface area contributed by atoms with Gasteiger partial charge in [-0.05, 0) is 38.2 Å². The van der Waals surface area contributed by atoms with Gasteiger partial charge in [0, 0.05) is 17.3 Å². The minimum absolute atomic E-state index is 0.0941. The van der Waals surface area contributed by atoms with E-state index in [9.17, 15) is 12.8 Å². The molecule has 0 unspecified atom stereocenters. The molecular formula is C17H14F3N7O2S2. The number of fused-ring (bicyclic) bond motifs is 1. The number of aryl methyl sites for hydroxylation is 1. The zero-order valence-electron chi connectivity index (χ0n) is 15.9. The lowest BCUT2D eigenvalue weighted by molar-refractivity contribution is 0.0332. The van der Waals surface area contributed by atoms with E-state index in [2.05, 4.69) is 35.2 Å². The van der Waals surface area contributed by atoms with Gasteiger partial charge >= 0.3 is 5.92 Å². The number of rotatable bonds is 6. The SMILES string of the molecule is CNS(=O)(=O)c1nc2nc(C(F)(F)c3ccc(F)cc3)nc(Nc3cc(C)[nH]n3)c2s1. The average Bonchev–Trinajstić information content (AvgIpc) is 3.35. The Hall–Kier alpha value is -3.10. The number of benzene rings is 1. The molecule has 0 aliphatic heterocycles. The zero-order valence-corrected chi connectivity index (χ0v) is 17.6. The van der Waals surface area contributed by atoms with Crippen LogP contribution in [0.25, 0.3) is 10.3 Å². The molecule has 0 atom stereocenters. The number of H-pyrrole nitrogens is 1. The number of hydrogen-bond acceptors (Lipinski definition) is 8. The number of alkyl halides is 2. The number of aromatic nitrogens is 5. The summed E-state index contributed by atoms with van der Waals surface area (Å²) in [4.78, 5) is 11.6. The summed E-state index contributed by atoms with van der Waals surface area (Å²) in [6.07, 6.45) is 0. The quantitative estimate of drug-likeness (QED) is 0.396. The van der Waals surface area contributed by atoms with Gasteiger partial charge in [-0.25, -0.2) is 32.5 Å². The zero-order chi connectivity index (χ0) is 22.4. The maximum absolute atomic E-state index is 15.1. The maximum Gasteiger partial charge on any atom is 0.331 e. The molecule has 0 radical (unpaired) electrons. The van der Waals surface area contributed by atoms with E-state index in [1.165, 1.54) is 7.05 Å². The minimum Gasteiger partial charge on any atom is -0.322 e. The molecule has 0 aliphatic carbocycles. The number of hydrogen-bond donors (Lipinski definition) is 3. The molecule has 14 heteroatoms. The van der Waals surface area contributed by atoms with Crippen LogP contribution in [-0.2, 0) is 15.9 Å². The van der Waals surface area contributed by atoms with Crippen LogP contribution < -0.4 is 10.0 Å². The fourth-order valence-electron chi connectivity index (χ4n) is 2.62. The monoisotopic (exact) mass is 469 g/mol. The summed E-state index contributed by atoms with van der Waals surface area (Å²) >= 11 is 0.717. The number of nitrogens with one attached hydrogen (secondary N) is 3. The van der Waals surface area contributed by atoms with Crippen LogP contribution in [0.2, 0.25) is 0 Å². The number of aromatic amines is 1. The van der Waals surface area contributed by atoms with Gasteiger partial charge in [-0.3, -0.25) is 5.10 Å². The summed E-state index contributed by atoms with van der Waals surface area (Å²) in [5.74, 6) is -5.12. The van der Waals surface area contributed by atoms with E-state index < -0.39 is 33.2 Å². The largest absolute Gasteiger partial charge is 0.331 e. The van der Waals surface area contributed by atoms with E-state index in [4.69, 9.17) is 0 Å². The van der Waals surface area contributed by atoms with Crippen molar-refractivity contribution in [1.29, 1.82) is 0 Å². The van der Waals surface area contributed by atoms with Crippen LogP contribution in [0.15, 0.2) is 34.7 Å². The van der Waals surface area contributed by atoms with Gasteiger partial charge in [0.2, 0.25) is 10.2 Å². The van der Waals surface area contributed by atoms with Crippen molar-refractivity contribution >= 4 is 43.3 Å². The average molecular weight is 469 g/mol. The molecule has 3 heterocycles. The summed E-state index contributed by atoms with van der Waals surface area (Å²) < 4.78 is 69.6. The van der Waals surface area contributed by atoms with Gasteiger partial charge in [0.25, 0.3) is 10.0 Å². The fourth-order valence-corrected chi connectivity index (χ4v) is 4.63. The highest BCUT2D eigenvalue weighted by molar-refractivity contribution is 7.91. The first-order chi connectivity index (χ1) is 14.6. The molecule has 3 aromatic heterocycles. The highest BCUT2D eigenvalue weighted by Crippen LogP contribution is 2.38. The smallest absolute Gasteiger partial charge is 0.322 e. The van der Waals surface area contributed by atoms with Crippen LogP contribution in [0.4, 0.5) is 24.8 Å². The molecule has 31 heavy (non-hydrogen) atoms. The lowest BCUT2D eigenvalue weighted by Crippen LogP contribution is -2.20. The highest BCUT2D eigenvalue weighted by atomic mass is 32.2. The van der Waals surface area contributed by atoms with Gasteiger partial charge in [-0.2, -0.15) is 13.9 Å². The molecule has 0 saturated carbocycles. The Balaban J connectivity index is 1.90. The number of nitrogens with zero attached hydrogens (tertiary/aromatic N) is 4. The number of halogens is 3. The first kappa shape index (κ1) is 21.1. The normalized spacial score (nSPS) is 12.4. The molecule has 0 bridgehead atoms. The van der Waals surface area contributed by atoms with E-state index >= 15 is 8.78 Å². The summed E-state index contributed by atoms with van der Waals surface area (Å²) in [7, 11) is -2.74. The van der Waals surface area contributed by atoms with Crippen molar-refractivity contribution in [2.24, 2.45) is 0 Å². The van der Waals surface area contributed by atoms with Crippen LogP contribution in [0.1, 0.15) is 17.1 Å². The second-order valence-corrected chi connectivity index (χ2v) is 9.44. The molecule has 4 rings (SSSR count).